The van der Waals surface area contributed by atoms with Gasteiger partial charge in [0, 0.05) is 7.05 Å². The van der Waals surface area contributed by atoms with Crippen LogP contribution in [0.5, 0.6) is 0 Å². The number of rotatable bonds is 5. The molecule has 1 aromatic heterocycles. The van der Waals surface area contributed by atoms with E-state index in [0.29, 0.717) is 5.56 Å². The number of aromatic nitrogens is 2. The van der Waals surface area contributed by atoms with Gasteiger partial charge in [-0.3, -0.25) is 19.6 Å². The molecule has 8 nitrogen and oxygen atoms in total. The minimum absolute atomic E-state index is 0.142. The second-order valence-corrected chi connectivity index (χ2v) is 4.78. The smallest absolute Gasteiger partial charge is 0.322 e. The Kier molecular flexibility index (Phi) is 4.52. The second-order valence-electron chi connectivity index (χ2n) is 4.78. The van der Waals surface area contributed by atoms with Gasteiger partial charge in [-0.15, -0.1) is 0 Å². The van der Waals surface area contributed by atoms with Crippen LogP contribution in [-0.4, -0.2) is 32.3 Å². The Morgan fingerprint density at radius 2 is 2.09 bits per heavy atom. The van der Waals surface area contributed by atoms with E-state index in [2.05, 4.69) is 10.4 Å². The fourth-order valence-corrected chi connectivity index (χ4v) is 2.27. The normalized spacial score (nSPS) is 12.0. The molecule has 1 atom stereocenters. The first-order valence-electron chi connectivity index (χ1n) is 6.60. The Hall–Kier alpha value is -2.74. The zero-order valence-corrected chi connectivity index (χ0v) is 12.2. The summed E-state index contributed by atoms with van der Waals surface area (Å²) >= 11 is 0. The highest BCUT2D eigenvalue weighted by Gasteiger charge is 2.30. The minimum Gasteiger partial charge on any atom is -0.394 e. The summed E-state index contributed by atoms with van der Waals surface area (Å²) in [6, 6.07) is 8.23. The Balaban J connectivity index is 2.31. The SMILES string of the molecule is Cc1nn(C)c(C(=O)N[C@H](CO)c2ccccc2)c1[N+](=O)[O-]. The number of aliphatic hydroxyl groups is 1. The molecule has 0 bridgehead atoms. The van der Waals surface area contributed by atoms with Crippen molar-refractivity contribution in [1.82, 2.24) is 15.1 Å². The molecular formula is C14H16N4O4. The molecule has 2 aromatic rings. The van der Waals surface area contributed by atoms with E-state index >= 15 is 0 Å². The summed E-state index contributed by atoms with van der Waals surface area (Å²) in [5.41, 5.74) is 0.402. The van der Waals surface area contributed by atoms with Gasteiger partial charge in [-0.25, -0.2) is 0 Å². The zero-order valence-electron chi connectivity index (χ0n) is 12.2. The molecule has 1 heterocycles. The summed E-state index contributed by atoms with van der Waals surface area (Å²) in [4.78, 5) is 22.8. The van der Waals surface area contributed by atoms with Gasteiger partial charge < -0.3 is 10.4 Å². The lowest BCUT2D eigenvalue weighted by molar-refractivity contribution is -0.385. The largest absolute Gasteiger partial charge is 0.394 e. The Morgan fingerprint density at radius 3 is 2.64 bits per heavy atom. The maximum absolute atomic E-state index is 12.4. The van der Waals surface area contributed by atoms with Gasteiger partial charge in [0.1, 0.15) is 5.69 Å². The van der Waals surface area contributed by atoms with Gasteiger partial charge in [-0.05, 0) is 12.5 Å². The van der Waals surface area contributed by atoms with E-state index in [4.69, 9.17) is 0 Å². The van der Waals surface area contributed by atoms with Crippen molar-refractivity contribution < 1.29 is 14.8 Å². The fraction of sp³-hybridized carbons (Fsp3) is 0.286. The fourth-order valence-electron chi connectivity index (χ4n) is 2.27. The molecule has 1 amide bonds. The van der Waals surface area contributed by atoms with Crippen molar-refractivity contribution in [2.24, 2.45) is 7.05 Å². The number of nitrogens with one attached hydrogen (secondary N) is 1. The van der Waals surface area contributed by atoms with E-state index in [-0.39, 0.29) is 23.7 Å². The molecule has 8 heteroatoms. The van der Waals surface area contributed by atoms with Crippen LogP contribution in [0.3, 0.4) is 0 Å². The summed E-state index contributed by atoms with van der Waals surface area (Å²) in [6.07, 6.45) is 0. The van der Waals surface area contributed by atoms with Crippen LogP contribution in [0, 0.1) is 17.0 Å². The zero-order chi connectivity index (χ0) is 16.3. The van der Waals surface area contributed by atoms with Crippen molar-refractivity contribution in [3.8, 4) is 0 Å². The number of nitrogens with zero attached hydrogens (tertiary/aromatic N) is 3. The van der Waals surface area contributed by atoms with Crippen molar-refractivity contribution >= 4 is 11.6 Å². The van der Waals surface area contributed by atoms with Gasteiger partial charge in [0.2, 0.25) is 5.69 Å². The molecule has 0 aliphatic rings. The van der Waals surface area contributed by atoms with Gasteiger partial charge in [-0.2, -0.15) is 5.10 Å². The lowest BCUT2D eigenvalue weighted by Gasteiger charge is -2.16. The molecule has 0 fully saturated rings. The summed E-state index contributed by atoms with van der Waals surface area (Å²) < 4.78 is 1.17. The van der Waals surface area contributed by atoms with Gasteiger partial charge in [0.25, 0.3) is 5.91 Å². The Morgan fingerprint density at radius 1 is 1.45 bits per heavy atom. The first kappa shape index (κ1) is 15.6. The summed E-state index contributed by atoms with van der Waals surface area (Å²) in [5, 5.41) is 27.1. The predicted molar refractivity (Wildman–Crippen MR) is 78.3 cm³/mol. The van der Waals surface area contributed by atoms with Crippen LogP contribution in [0.25, 0.3) is 0 Å². The number of hydrogen-bond donors (Lipinski definition) is 2. The molecule has 1 aromatic carbocycles. The topological polar surface area (TPSA) is 110 Å². The second kappa shape index (κ2) is 6.35. The molecule has 22 heavy (non-hydrogen) atoms. The number of nitro groups is 1. The Bertz CT molecular complexity index is 696. The van der Waals surface area contributed by atoms with Crippen LogP contribution in [0.4, 0.5) is 5.69 Å². The average Bonchev–Trinajstić information content (AvgIpc) is 2.80. The maximum atomic E-state index is 12.4. The van der Waals surface area contributed by atoms with Gasteiger partial charge >= 0.3 is 5.69 Å². The molecule has 2 N–H and O–H groups in total. The summed E-state index contributed by atoms with van der Waals surface area (Å²) in [7, 11) is 1.46. The number of carbonyl (C=O) groups is 1. The molecule has 0 aliphatic carbocycles. The van der Waals surface area contributed by atoms with E-state index in [0.717, 1.165) is 0 Å². The van der Waals surface area contributed by atoms with Crippen LogP contribution in [0.1, 0.15) is 27.8 Å². The predicted octanol–water partition coefficient (Wildman–Crippen LogP) is 1.10. The van der Waals surface area contributed by atoms with Crippen molar-refractivity contribution in [3.05, 3.63) is 57.4 Å². The van der Waals surface area contributed by atoms with Crippen molar-refractivity contribution in [2.75, 3.05) is 6.61 Å². The molecular weight excluding hydrogens is 288 g/mol. The molecule has 2 rings (SSSR count). The van der Waals surface area contributed by atoms with Crippen LogP contribution >= 0.6 is 0 Å². The third-order valence-electron chi connectivity index (χ3n) is 3.28. The van der Waals surface area contributed by atoms with Crippen LogP contribution in [-0.2, 0) is 7.05 Å². The molecule has 0 aliphatic heterocycles. The van der Waals surface area contributed by atoms with Crippen molar-refractivity contribution in [3.63, 3.8) is 0 Å². The number of benzene rings is 1. The molecule has 116 valence electrons. The highest BCUT2D eigenvalue weighted by molar-refractivity contribution is 5.97. The van der Waals surface area contributed by atoms with E-state index in [9.17, 15) is 20.0 Å². The highest BCUT2D eigenvalue weighted by atomic mass is 16.6. The van der Waals surface area contributed by atoms with E-state index in [1.165, 1.54) is 18.7 Å². The summed E-state index contributed by atoms with van der Waals surface area (Å²) in [5.74, 6) is -0.655. The van der Waals surface area contributed by atoms with Gasteiger partial charge in [0.15, 0.2) is 0 Å². The summed E-state index contributed by atoms with van der Waals surface area (Å²) in [6.45, 7) is 1.15. The first-order chi connectivity index (χ1) is 10.5. The minimum atomic E-state index is -0.655. The quantitative estimate of drug-likeness (QED) is 0.635. The van der Waals surface area contributed by atoms with Crippen LogP contribution in [0.15, 0.2) is 30.3 Å². The molecule has 0 radical (unpaired) electrons. The van der Waals surface area contributed by atoms with E-state index in [1.807, 2.05) is 6.07 Å². The van der Waals surface area contributed by atoms with Crippen molar-refractivity contribution in [1.29, 1.82) is 0 Å². The number of aliphatic hydroxyl groups excluding tert-OH is 1. The molecule has 0 spiro atoms. The number of hydrogen-bond acceptors (Lipinski definition) is 5. The highest BCUT2D eigenvalue weighted by Crippen LogP contribution is 2.23. The maximum Gasteiger partial charge on any atom is 0.322 e. The number of amides is 1. The van der Waals surface area contributed by atoms with Crippen molar-refractivity contribution in [2.45, 2.75) is 13.0 Å². The molecule has 0 unspecified atom stereocenters. The first-order valence-corrected chi connectivity index (χ1v) is 6.60. The van der Waals surface area contributed by atoms with Crippen LogP contribution in [0.2, 0.25) is 0 Å². The molecule has 0 saturated carbocycles. The average molecular weight is 304 g/mol. The molecule has 0 saturated heterocycles. The van der Waals surface area contributed by atoms with Gasteiger partial charge in [0.05, 0.1) is 17.6 Å². The monoisotopic (exact) mass is 304 g/mol. The third kappa shape index (κ3) is 2.96. The lowest BCUT2D eigenvalue weighted by atomic mass is 10.1. The number of carbonyl (C=O) groups excluding carboxylic acids is 1. The lowest BCUT2D eigenvalue weighted by Crippen LogP contribution is -2.32. The van der Waals surface area contributed by atoms with Crippen LogP contribution < -0.4 is 5.32 Å². The van der Waals surface area contributed by atoms with Gasteiger partial charge in [-0.1, -0.05) is 30.3 Å². The van der Waals surface area contributed by atoms with E-state index < -0.39 is 16.9 Å². The third-order valence-corrected chi connectivity index (χ3v) is 3.28. The van der Waals surface area contributed by atoms with E-state index in [1.54, 1.807) is 24.3 Å². The Labute approximate surface area is 126 Å². The number of aryl methyl sites for hydroxylation is 2. The standard InChI is InChI=1S/C14H16N4O4/c1-9-12(18(21)22)13(17(2)16-9)14(20)15-11(8-19)10-6-4-3-5-7-10/h3-7,11,19H,8H2,1-2H3,(H,15,20)/t11-/m1/s1.